The molecule has 0 saturated heterocycles. The van der Waals surface area contributed by atoms with Crippen molar-refractivity contribution in [1.82, 2.24) is 5.32 Å². The Morgan fingerprint density at radius 1 is 0.966 bits per heavy atom. The van der Waals surface area contributed by atoms with Gasteiger partial charge in [-0.3, -0.25) is 24.5 Å². The fourth-order valence-corrected chi connectivity index (χ4v) is 2.70. The molecule has 2 aromatic rings. The van der Waals surface area contributed by atoms with Crippen LogP contribution in [0.5, 0.6) is 0 Å². The van der Waals surface area contributed by atoms with E-state index in [-0.39, 0.29) is 30.9 Å². The summed E-state index contributed by atoms with van der Waals surface area (Å²) in [6, 6.07) is 14.2. The zero-order chi connectivity index (χ0) is 21.2. The quantitative estimate of drug-likeness (QED) is 0.414. The summed E-state index contributed by atoms with van der Waals surface area (Å²) >= 11 is 0. The van der Waals surface area contributed by atoms with E-state index in [0.29, 0.717) is 12.1 Å². The average Bonchev–Trinajstić information content (AvgIpc) is 2.67. The molecule has 9 nitrogen and oxygen atoms in total. The van der Waals surface area contributed by atoms with E-state index in [1.807, 2.05) is 30.3 Å². The van der Waals surface area contributed by atoms with Crippen molar-refractivity contribution in [2.75, 3.05) is 5.32 Å². The number of nitro groups is 1. The predicted octanol–water partition coefficient (Wildman–Crippen LogP) is 2.52. The van der Waals surface area contributed by atoms with Gasteiger partial charge in [0.15, 0.2) is 0 Å². The number of rotatable bonds is 10. The molecule has 0 aliphatic carbocycles. The monoisotopic (exact) mass is 399 g/mol. The van der Waals surface area contributed by atoms with Crippen LogP contribution in [0.3, 0.4) is 0 Å². The summed E-state index contributed by atoms with van der Waals surface area (Å²) in [6.07, 6.45) is -0.110. The highest BCUT2D eigenvalue weighted by Crippen LogP contribution is 2.16. The fourth-order valence-electron chi connectivity index (χ4n) is 2.70. The molecule has 0 aromatic heterocycles. The molecule has 3 N–H and O–H groups in total. The number of aliphatic carboxylic acids is 1. The van der Waals surface area contributed by atoms with Crippen molar-refractivity contribution in [2.45, 2.75) is 31.7 Å². The molecule has 29 heavy (non-hydrogen) atoms. The predicted molar refractivity (Wildman–Crippen MR) is 105 cm³/mol. The van der Waals surface area contributed by atoms with Crippen molar-refractivity contribution < 1.29 is 24.4 Å². The van der Waals surface area contributed by atoms with E-state index < -0.39 is 22.8 Å². The summed E-state index contributed by atoms with van der Waals surface area (Å²) in [5, 5.41) is 24.8. The zero-order valence-electron chi connectivity index (χ0n) is 15.5. The SMILES string of the molecule is O=C(O)CCC(=O)N[C@H](CC(=O)Nc1ccc([N+](=O)[O-])cc1)Cc1ccccc1. The summed E-state index contributed by atoms with van der Waals surface area (Å²) in [6.45, 7) is 0. The number of benzene rings is 2. The summed E-state index contributed by atoms with van der Waals surface area (Å²) in [5.41, 5.74) is 1.23. The highest BCUT2D eigenvalue weighted by Gasteiger charge is 2.18. The van der Waals surface area contributed by atoms with Crippen molar-refractivity contribution in [2.24, 2.45) is 0 Å². The van der Waals surface area contributed by atoms with E-state index in [0.717, 1.165) is 5.56 Å². The maximum absolute atomic E-state index is 12.4. The first-order chi connectivity index (χ1) is 13.8. The molecule has 0 spiro atoms. The van der Waals surface area contributed by atoms with E-state index in [9.17, 15) is 24.5 Å². The van der Waals surface area contributed by atoms with E-state index in [2.05, 4.69) is 10.6 Å². The fraction of sp³-hybridized carbons (Fsp3) is 0.250. The molecule has 0 aliphatic heterocycles. The largest absolute Gasteiger partial charge is 0.481 e. The molecule has 152 valence electrons. The number of nitrogens with one attached hydrogen (secondary N) is 2. The summed E-state index contributed by atoms with van der Waals surface area (Å²) in [5.74, 6) is -1.90. The number of amides is 2. The third kappa shape index (κ3) is 7.79. The van der Waals surface area contributed by atoms with Crippen molar-refractivity contribution in [3.8, 4) is 0 Å². The lowest BCUT2D eigenvalue weighted by molar-refractivity contribution is -0.384. The van der Waals surface area contributed by atoms with Gasteiger partial charge in [0, 0.05) is 36.7 Å². The van der Waals surface area contributed by atoms with E-state index in [4.69, 9.17) is 5.11 Å². The Labute approximate surface area is 166 Å². The number of nitrogens with zero attached hydrogens (tertiary/aromatic N) is 1. The van der Waals surface area contributed by atoms with Gasteiger partial charge in [-0.25, -0.2) is 0 Å². The maximum atomic E-state index is 12.4. The van der Waals surface area contributed by atoms with Crippen LogP contribution in [0.25, 0.3) is 0 Å². The van der Waals surface area contributed by atoms with Gasteiger partial charge in [-0.05, 0) is 24.1 Å². The first kappa shape index (κ1) is 21.5. The molecule has 0 radical (unpaired) electrons. The van der Waals surface area contributed by atoms with Gasteiger partial charge in [-0.2, -0.15) is 0 Å². The van der Waals surface area contributed by atoms with Gasteiger partial charge in [-0.15, -0.1) is 0 Å². The number of hydrogen-bond acceptors (Lipinski definition) is 5. The minimum absolute atomic E-state index is 0.0370. The van der Waals surface area contributed by atoms with Gasteiger partial charge in [0.05, 0.1) is 11.3 Å². The Balaban J connectivity index is 2.00. The topological polar surface area (TPSA) is 139 Å². The summed E-state index contributed by atoms with van der Waals surface area (Å²) < 4.78 is 0. The van der Waals surface area contributed by atoms with Gasteiger partial charge in [0.25, 0.3) is 5.69 Å². The molecule has 0 fully saturated rings. The number of carboxylic acids is 1. The molecular weight excluding hydrogens is 378 g/mol. The summed E-state index contributed by atoms with van der Waals surface area (Å²) in [7, 11) is 0. The number of carboxylic acid groups (broad SMARTS) is 1. The number of carbonyl (C=O) groups excluding carboxylic acids is 2. The highest BCUT2D eigenvalue weighted by atomic mass is 16.6. The molecule has 2 rings (SSSR count). The molecule has 0 saturated carbocycles. The first-order valence-corrected chi connectivity index (χ1v) is 8.93. The number of carbonyl (C=O) groups is 3. The average molecular weight is 399 g/mol. The minimum atomic E-state index is -1.07. The second-order valence-electron chi connectivity index (χ2n) is 6.40. The number of nitro benzene ring substituents is 1. The van der Waals surface area contributed by atoms with Crippen LogP contribution in [0.2, 0.25) is 0 Å². The lowest BCUT2D eigenvalue weighted by atomic mass is 10.0. The van der Waals surface area contributed by atoms with Crippen molar-refractivity contribution >= 4 is 29.2 Å². The van der Waals surface area contributed by atoms with Gasteiger partial charge in [0.1, 0.15) is 0 Å². The van der Waals surface area contributed by atoms with Crippen molar-refractivity contribution in [1.29, 1.82) is 0 Å². The van der Waals surface area contributed by atoms with E-state index >= 15 is 0 Å². The van der Waals surface area contributed by atoms with Crippen LogP contribution in [0.1, 0.15) is 24.8 Å². The van der Waals surface area contributed by atoms with Crippen LogP contribution in [-0.2, 0) is 20.8 Å². The number of anilines is 1. The number of hydrogen-bond donors (Lipinski definition) is 3. The molecule has 1 atom stereocenters. The Hall–Kier alpha value is -3.75. The van der Waals surface area contributed by atoms with Crippen molar-refractivity contribution in [3.05, 3.63) is 70.3 Å². The molecule has 2 amide bonds. The first-order valence-electron chi connectivity index (χ1n) is 8.93. The lowest BCUT2D eigenvalue weighted by Crippen LogP contribution is -2.39. The van der Waals surface area contributed by atoms with Crippen LogP contribution >= 0.6 is 0 Å². The Morgan fingerprint density at radius 3 is 2.21 bits per heavy atom. The standard InChI is InChI=1S/C20H21N3O6/c24-18(10-11-20(26)27)22-16(12-14-4-2-1-3-5-14)13-19(25)21-15-6-8-17(9-7-15)23(28)29/h1-9,16H,10-13H2,(H,21,25)(H,22,24)(H,26,27)/t16-/m0/s1. The molecule has 9 heteroatoms. The van der Waals surface area contributed by atoms with Crippen LogP contribution in [0.15, 0.2) is 54.6 Å². The minimum Gasteiger partial charge on any atom is -0.481 e. The second-order valence-corrected chi connectivity index (χ2v) is 6.40. The molecule has 0 heterocycles. The van der Waals surface area contributed by atoms with E-state index in [1.165, 1.54) is 24.3 Å². The van der Waals surface area contributed by atoms with Crippen LogP contribution in [-0.4, -0.2) is 33.9 Å². The third-order valence-corrected chi connectivity index (χ3v) is 4.05. The van der Waals surface area contributed by atoms with Gasteiger partial charge in [0.2, 0.25) is 11.8 Å². The Bertz CT molecular complexity index is 868. The van der Waals surface area contributed by atoms with Gasteiger partial charge in [-0.1, -0.05) is 30.3 Å². The Kier molecular flexibility index (Phi) is 7.84. The highest BCUT2D eigenvalue weighted by molar-refractivity contribution is 5.91. The molecule has 2 aromatic carbocycles. The number of non-ortho nitro benzene ring substituents is 1. The van der Waals surface area contributed by atoms with Crippen LogP contribution in [0, 0.1) is 10.1 Å². The zero-order valence-corrected chi connectivity index (χ0v) is 15.5. The van der Waals surface area contributed by atoms with E-state index in [1.54, 1.807) is 0 Å². The smallest absolute Gasteiger partial charge is 0.303 e. The van der Waals surface area contributed by atoms with Gasteiger partial charge < -0.3 is 15.7 Å². The van der Waals surface area contributed by atoms with Crippen LogP contribution < -0.4 is 10.6 Å². The maximum Gasteiger partial charge on any atom is 0.303 e. The normalized spacial score (nSPS) is 11.3. The molecule has 0 unspecified atom stereocenters. The third-order valence-electron chi connectivity index (χ3n) is 4.05. The van der Waals surface area contributed by atoms with Crippen molar-refractivity contribution in [3.63, 3.8) is 0 Å². The van der Waals surface area contributed by atoms with Crippen LogP contribution in [0.4, 0.5) is 11.4 Å². The summed E-state index contributed by atoms with van der Waals surface area (Å²) in [4.78, 5) is 45.2. The lowest BCUT2D eigenvalue weighted by Gasteiger charge is -2.19. The molecule has 0 bridgehead atoms. The molecule has 0 aliphatic rings. The molecular formula is C20H21N3O6. The Morgan fingerprint density at radius 2 is 1.62 bits per heavy atom. The second kappa shape index (κ2) is 10.5. The van der Waals surface area contributed by atoms with Gasteiger partial charge >= 0.3 is 5.97 Å².